The van der Waals surface area contributed by atoms with E-state index < -0.39 is 16.2 Å². The Morgan fingerprint density at radius 3 is 2.62 bits per heavy atom. The van der Waals surface area contributed by atoms with E-state index in [0.29, 0.717) is 28.5 Å². The maximum absolute atomic E-state index is 12.1. The fraction of sp³-hybridized carbons (Fsp3) is 0.320. The number of thiol groups is 1. The Bertz CT molecular complexity index is 1510. The minimum atomic E-state index is -2.43. The Kier molecular flexibility index (Phi) is 6.12. The van der Waals surface area contributed by atoms with Gasteiger partial charge < -0.3 is 24.0 Å². The average molecular weight is 544 g/mol. The predicted molar refractivity (Wildman–Crippen MR) is 142 cm³/mol. The number of aromatic amines is 1. The number of benzene rings is 1. The van der Waals surface area contributed by atoms with Crippen LogP contribution in [0.15, 0.2) is 48.7 Å². The van der Waals surface area contributed by atoms with Crippen molar-refractivity contribution < 1.29 is 23.5 Å². The molecule has 3 aromatic heterocycles. The maximum atomic E-state index is 12.1. The summed E-state index contributed by atoms with van der Waals surface area (Å²) in [7, 11) is -2.43. The molecule has 2 aliphatic heterocycles. The number of aliphatic hydroxyl groups excluding tert-OH is 1. The number of hydrogen-bond donors (Lipinski definition) is 4. The second-order valence-corrected chi connectivity index (χ2v) is 12.9. The van der Waals surface area contributed by atoms with Gasteiger partial charge in [0.15, 0.2) is 11.8 Å². The largest absolute Gasteiger partial charge is 0.456 e. The van der Waals surface area contributed by atoms with Gasteiger partial charge >= 0.3 is 0 Å². The van der Waals surface area contributed by atoms with E-state index in [0.717, 1.165) is 22.5 Å². The van der Waals surface area contributed by atoms with E-state index in [4.69, 9.17) is 25.8 Å². The third-order valence-electron chi connectivity index (χ3n) is 6.26. The zero-order valence-electron chi connectivity index (χ0n) is 20.1. The summed E-state index contributed by atoms with van der Waals surface area (Å²) in [4.78, 5) is 16.7. The van der Waals surface area contributed by atoms with Gasteiger partial charge in [0.25, 0.3) is 6.01 Å². The number of nitrogens with one attached hydrogen (secondary N) is 2. The third-order valence-corrected chi connectivity index (χ3v) is 7.35. The van der Waals surface area contributed by atoms with Crippen molar-refractivity contribution in [1.29, 1.82) is 0 Å². The first-order chi connectivity index (χ1) is 17.7. The summed E-state index contributed by atoms with van der Waals surface area (Å²) in [5.41, 5.74) is 4.95. The van der Waals surface area contributed by atoms with Crippen molar-refractivity contribution in [1.82, 2.24) is 19.9 Å². The maximum Gasteiger partial charge on any atom is 0.296 e. The highest BCUT2D eigenvalue weighted by atomic mass is 35.5. The van der Waals surface area contributed by atoms with Gasteiger partial charge in [-0.1, -0.05) is 35.9 Å². The van der Waals surface area contributed by atoms with Gasteiger partial charge in [-0.2, -0.15) is 4.98 Å². The molecule has 194 valence electrons. The summed E-state index contributed by atoms with van der Waals surface area (Å²) in [5, 5.41) is 10.4. The molecule has 0 amide bonds. The molecule has 2 fully saturated rings. The van der Waals surface area contributed by atoms with Crippen LogP contribution in [0.25, 0.3) is 33.7 Å². The van der Waals surface area contributed by atoms with Crippen LogP contribution in [0.4, 0.5) is 5.69 Å². The molecule has 4 aromatic rings. The van der Waals surface area contributed by atoms with Gasteiger partial charge in [0.1, 0.15) is 23.8 Å². The summed E-state index contributed by atoms with van der Waals surface area (Å²) in [5.74, 6) is 0. The van der Waals surface area contributed by atoms with Gasteiger partial charge in [-0.15, -0.1) is 0 Å². The number of ether oxygens (including phenoxy) is 3. The van der Waals surface area contributed by atoms with Gasteiger partial charge in [-0.3, -0.25) is 14.2 Å². The lowest BCUT2D eigenvalue weighted by atomic mass is 10.1. The van der Waals surface area contributed by atoms with Gasteiger partial charge in [0.05, 0.1) is 29.6 Å². The SMILES string of the molecule is C[SH](C)(=O)Nc1ccnc(-c2ccc(-c3nc4[nH]c(O[C@@H]5CO[C@H]6[C@@H]5OC[C@H]6O)nc4cc3Cl)cc2)c1. The predicted octanol–water partition coefficient (Wildman–Crippen LogP) is 2.85. The second-order valence-electron chi connectivity index (χ2n) is 9.52. The summed E-state index contributed by atoms with van der Waals surface area (Å²) in [6.07, 6.45) is 3.29. The van der Waals surface area contributed by atoms with Gasteiger partial charge in [0, 0.05) is 35.5 Å². The first-order valence-corrected chi connectivity index (χ1v) is 14.8. The minimum absolute atomic E-state index is 0.229. The van der Waals surface area contributed by atoms with Crippen molar-refractivity contribution in [3.63, 3.8) is 0 Å². The molecule has 2 aliphatic rings. The molecule has 1 aromatic carbocycles. The smallest absolute Gasteiger partial charge is 0.296 e. The normalized spacial score (nSPS) is 23.8. The van der Waals surface area contributed by atoms with Crippen LogP contribution in [-0.4, -0.2) is 79.4 Å². The fourth-order valence-corrected chi connectivity index (χ4v) is 5.63. The number of aliphatic hydroxyl groups is 1. The van der Waals surface area contributed by atoms with Crippen LogP contribution in [0, 0.1) is 0 Å². The Morgan fingerprint density at radius 2 is 1.84 bits per heavy atom. The summed E-state index contributed by atoms with van der Waals surface area (Å²) in [6.45, 7) is 0.534. The standard InChI is InChI=1S/C25H26ClN5O5S/c1-37(2,33)31-15-7-8-27-17(9-15)13-3-5-14(6-4-13)21-16(26)10-18-24(29-21)30-25(28-18)36-20-12-35-22-19(32)11-34-23(20)22/h3-10,19-20,22-23,32,37H,11-12H2,1-2H3,(H,27,31,33)(H,28,29,30)/t19-,20-,22-,23-/m1/s1. The number of H-pyrrole nitrogens is 1. The zero-order chi connectivity index (χ0) is 25.7. The van der Waals surface area contributed by atoms with Crippen LogP contribution in [0.2, 0.25) is 5.02 Å². The van der Waals surface area contributed by atoms with Crippen molar-refractivity contribution >= 4 is 38.6 Å². The molecule has 5 heterocycles. The number of aromatic nitrogens is 4. The molecule has 4 atom stereocenters. The summed E-state index contributed by atoms with van der Waals surface area (Å²) < 4.78 is 32.4. The van der Waals surface area contributed by atoms with Gasteiger partial charge in [-0.25, -0.2) is 4.98 Å². The molecule has 0 radical (unpaired) electrons. The van der Waals surface area contributed by atoms with Crippen LogP contribution in [0.5, 0.6) is 6.01 Å². The van der Waals surface area contributed by atoms with E-state index >= 15 is 0 Å². The molecule has 0 unspecified atom stereocenters. The van der Waals surface area contributed by atoms with Crippen LogP contribution >= 0.6 is 11.6 Å². The van der Waals surface area contributed by atoms with E-state index in [-0.39, 0.29) is 30.9 Å². The highest BCUT2D eigenvalue weighted by molar-refractivity contribution is 8.02. The molecule has 0 bridgehead atoms. The Balaban J connectivity index is 1.23. The van der Waals surface area contributed by atoms with Crippen LogP contribution in [0.3, 0.4) is 0 Å². The third kappa shape index (κ3) is 4.92. The quantitative estimate of drug-likeness (QED) is 0.273. The molecule has 0 saturated carbocycles. The van der Waals surface area contributed by atoms with Gasteiger partial charge in [-0.05, 0) is 28.3 Å². The number of halogens is 1. The molecule has 0 spiro atoms. The number of nitrogens with zero attached hydrogens (tertiary/aromatic N) is 3. The highest BCUT2D eigenvalue weighted by Crippen LogP contribution is 2.33. The number of hydrogen-bond acceptors (Lipinski definition) is 8. The van der Waals surface area contributed by atoms with Crippen molar-refractivity contribution in [2.45, 2.75) is 24.4 Å². The molecule has 37 heavy (non-hydrogen) atoms. The average Bonchev–Trinajstić information content (AvgIpc) is 3.54. The van der Waals surface area contributed by atoms with Crippen molar-refractivity contribution in [3.8, 4) is 28.5 Å². The Hall–Kier alpha value is -3.09. The first-order valence-electron chi connectivity index (χ1n) is 11.8. The monoisotopic (exact) mass is 543 g/mol. The lowest BCUT2D eigenvalue weighted by Gasteiger charge is -2.16. The zero-order valence-corrected chi connectivity index (χ0v) is 21.7. The lowest BCUT2D eigenvalue weighted by Crippen LogP contribution is -2.34. The Labute approximate surface area is 218 Å². The van der Waals surface area contributed by atoms with E-state index in [1.165, 1.54) is 0 Å². The molecule has 0 aliphatic carbocycles. The number of anilines is 1. The topological polar surface area (TPSA) is 131 Å². The van der Waals surface area contributed by atoms with Crippen LogP contribution < -0.4 is 9.46 Å². The fourth-order valence-electron chi connectivity index (χ4n) is 4.61. The van der Waals surface area contributed by atoms with Crippen molar-refractivity contribution in [2.75, 3.05) is 30.4 Å². The molecule has 12 heteroatoms. The molecule has 10 nitrogen and oxygen atoms in total. The van der Waals surface area contributed by atoms with E-state index in [1.807, 2.05) is 30.3 Å². The molecule has 2 saturated heterocycles. The van der Waals surface area contributed by atoms with Crippen molar-refractivity contribution in [2.24, 2.45) is 0 Å². The summed E-state index contributed by atoms with van der Waals surface area (Å²) >= 11 is 6.57. The molecule has 3 N–H and O–H groups in total. The number of pyridine rings is 2. The van der Waals surface area contributed by atoms with Crippen LogP contribution in [0.1, 0.15) is 0 Å². The summed E-state index contributed by atoms with van der Waals surface area (Å²) in [6, 6.07) is 13.4. The van der Waals surface area contributed by atoms with E-state index in [9.17, 15) is 9.32 Å². The highest BCUT2D eigenvalue weighted by Gasteiger charge is 2.48. The molecule has 6 rings (SSSR count). The van der Waals surface area contributed by atoms with E-state index in [2.05, 4.69) is 24.7 Å². The van der Waals surface area contributed by atoms with Crippen LogP contribution in [-0.2, 0) is 19.6 Å². The van der Waals surface area contributed by atoms with Crippen molar-refractivity contribution in [3.05, 3.63) is 53.7 Å². The first kappa shape index (κ1) is 24.3. The van der Waals surface area contributed by atoms with Gasteiger partial charge in [0.2, 0.25) is 0 Å². The second kappa shape index (κ2) is 9.34. The number of fused-ring (bicyclic) bond motifs is 2. The number of rotatable bonds is 6. The number of imidazole rings is 1. The van der Waals surface area contributed by atoms with E-state index in [1.54, 1.807) is 30.8 Å². The minimum Gasteiger partial charge on any atom is -0.456 e. The Morgan fingerprint density at radius 1 is 1.08 bits per heavy atom. The molecular weight excluding hydrogens is 518 g/mol. The molecular formula is C25H26ClN5O5S. The lowest BCUT2D eigenvalue weighted by molar-refractivity contribution is 0.00706.